The Morgan fingerprint density at radius 1 is 0.974 bits per heavy atom. The molecule has 0 spiro atoms. The smallest absolute Gasteiger partial charge is 0.307 e. The number of hydrogen-bond acceptors (Lipinski definition) is 8. The molecule has 2 fully saturated rings. The average molecular weight is 560 g/mol. The number of nitrogens with zero attached hydrogens (tertiary/aromatic N) is 2. The summed E-state index contributed by atoms with van der Waals surface area (Å²) in [5, 5.41) is 14.0. The van der Waals surface area contributed by atoms with Gasteiger partial charge in [0.05, 0.1) is 20.6 Å². The number of aliphatic imine (C=N–C) groups is 1. The van der Waals surface area contributed by atoms with Crippen LogP contribution >= 0.6 is 11.8 Å². The van der Waals surface area contributed by atoms with E-state index in [9.17, 15) is 19.2 Å². The Hall–Kier alpha value is -3.41. The SMILES string of the molecule is COC(=O)CCCNC(=N)c1ccc(C(=O)N=C2SC(C(=O)NCCC(=O)OC)C(C)N2C2CCCC2)cc1. The lowest BCUT2D eigenvalue weighted by molar-refractivity contribution is -0.141. The first-order chi connectivity index (χ1) is 18.7. The van der Waals surface area contributed by atoms with Gasteiger partial charge in [0, 0.05) is 42.7 Å². The minimum atomic E-state index is -0.456. The van der Waals surface area contributed by atoms with Gasteiger partial charge in [0.25, 0.3) is 5.91 Å². The molecule has 1 saturated heterocycles. The van der Waals surface area contributed by atoms with Gasteiger partial charge in [-0.1, -0.05) is 36.7 Å². The van der Waals surface area contributed by atoms with Crippen LogP contribution in [0.2, 0.25) is 0 Å². The summed E-state index contributed by atoms with van der Waals surface area (Å²) in [6, 6.07) is 6.69. The van der Waals surface area contributed by atoms with Crippen molar-refractivity contribution >= 4 is 46.5 Å². The van der Waals surface area contributed by atoms with Gasteiger partial charge in [0.1, 0.15) is 11.1 Å². The highest BCUT2D eigenvalue weighted by atomic mass is 32.2. The van der Waals surface area contributed by atoms with Gasteiger partial charge in [0.2, 0.25) is 5.91 Å². The molecule has 1 heterocycles. The van der Waals surface area contributed by atoms with E-state index in [4.69, 9.17) is 5.41 Å². The largest absolute Gasteiger partial charge is 0.469 e. The lowest BCUT2D eigenvalue weighted by Crippen LogP contribution is -2.46. The molecule has 39 heavy (non-hydrogen) atoms. The van der Waals surface area contributed by atoms with Crippen LogP contribution in [-0.2, 0) is 23.9 Å². The highest BCUT2D eigenvalue weighted by Crippen LogP contribution is 2.38. The lowest BCUT2D eigenvalue weighted by atomic mass is 10.1. The summed E-state index contributed by atoms with van der Waals surface area (Å²) < 4.78 is 9.24. The van der Waals surface area contributed by atoms with E-state index < -0.39 is 17.1 Å². The number of rotatable bonds is 11. The van der Waals surface area contributed by atoms with Crippen molar-refractivity contribution in [2.75, 3.05) is 27.3 Å². The Bertz CT molecular complexity index is 1090. The van der Waals surface area contributed by atoms with E-state index in [1.54, 1.807) is 24.3 Å². The van der Waals surface area contributed by atoms with Gasteiger partial charge in [-0.2, -0.15) is 4.99 Å². The van der Waals surface area contributed by atoms with Crippen molar-refractivity contribution in [1.29, 1.82) is 5.41 Å². The van der Waals surface area contributed by atoms with E-state index in [1.807, 2.05) is 6.92 Å². The van der Waals surface area contributed by atoms with Crippen LogP contribution in [0.5, 0.6) is 0 Å². The number of amides is 2. The number of ether oxygens (including phenoxy) is 2. The number of esters is 2. The fraction of sp³-hybridized carbons (Fsp3) is 0.556. The third kappa shape index (κ3) is 8.29. The van der Waals surface area contributed by atoms with Crippen LogP contribution in [0.25, 0.3) is 0 Å². The second-order valence-electron chi connectivity index (χ2n) is 9.50. The summed E-state index contributed by atoms with van der Waals surface area (Å²) >= 11 is 1.28. The topological polar surface area (TPSA) is 150 Å². The fourth-order valence-corrected chi connectivity index (χ4v) is 6.01. The molecule has 1 aliphatic carbocycles. The average Bonchev–Trinajstić information content (AvgIpc) is 3.58. The Kier molecular flexibility index (Phi) is 11.3. The van der Waals surface area contributed by atoms with E-state index >= 15 is 0 Å². The second kappa shape index (κ2) is 14.7. The number of benzene rings is 1. The second-order valence-corrected chi connectivity index (χ2v) is 10.6. The van der Waals surface area contributed by atoms with Gasteiger partial charge < -0.3 is 25.0 Å². The highest BCUT2D eigenvalue weighted by molar-refractivity contribution is 8.15. The molecule has 0 radical (unpaired) electrons. The van der Waals surface area contributed by atoms with Crippen LogP contribution in [0, 0.1) is 5.41 Å². The van der Waals surface area contributed by atoms with Crippen molar-refractivity contribution in [2.45, 2.75) is 69.2 Å². The minimum Gasteiger partial charge on any atom is -0.469 e. The first-order valence-corrected chi connectivity index (χ1v) is 14.0. The molecule has 3 N–H and O–H groups in total. The number of methoxy groups -OCH3 is 2. The maximum absolute atomic E-state index is 13.1. The number of thioether (sulfide) groups is 1. The molecule has 1 aliphatic heterocycles. The molecule has 1 aromatic rings. The predicted octanol–water partition coefficient (Wildman–Crippen LogP) is 2.48. The fourth-order valence-electron chi connectivity index (χ4n) is 4.69. The third-order valence-electron chi connectivity index (χ3n) is 6.87. The number of amidine groups is 2. The van der Waals surface area contributed by atoms with Gasteiger partial charge in [-0.15, -0.1) is 0 Å². The van der Waals surface area contributed by atoms with E-state index in [0.717, 1.165) is 25.7 Å². The highest BCUT2D eigenvalue weighted by Gasteiger charge is 2.44. The maximum Gasteiger partial charge on any atom is 0.307 e. The zero-order chi connectivity index (χ0) is 28.4. The molecule has 1 aromatic carbocycles. The van der Waals surface area contributed by atoms with Crippen LogP contribution in [0.3, 0.4) is 0 Å². The molecule has 212 valence electrons. The van der Waals surface area contributed by atoms with Gasteiger partial charge in [-0.3, -0.25) is 24.6 Å². The van der Waals surface area contributed by atoms with E-state index in [2.05, 4.69) is 30.0 Å². The Labute approximate surface area is 233 Å². The van der Waals surface area contributed by atoms with Crippen molar-refractivity contribution in [2.24, 2.45) is 4.99 Å². The molecule has 2 aliphatic rings. The molecule has 1 saturated carbocycles. The quantitative estimate of drug-likeness (QED) is 0.161. The standard InChI is InChI=1S/C27H37N5O6S/c1-17-23(26(36)30-16-14-22(34)38-3)39-27(32(17)20-7-4-5-8-20)31-25(35)19-12-10-18(11-13-19)24(28)29-15-6-9-21(33)37-2/h10-13,17,20,23H,4-9,14-16H2,1-3H3,(H2,28,29)(H,30,36). The number of carbonyl (C=O) groups is 4. The molecule has 0 aromatic heterocycles. The molecular weight excluding hydrogens is 522 g/mol. The van der Waals surface area contributed by atoms with Gasteiger partial charge >= 0.3 is 11.9 Å². The van der Waals surface area contributed by atoms with Crippen LogP contribution in [0.1, 0.15) is 67.8 Å². The first kappa shape index (κ1) is 30.1. The summed E-state index contributed by atoms with van der Waals surface area (Å²) in [6.07, 6.45) is 5.07. The van der Waals surface area contributed by atoms with E-state index in [-0.39, 0.29) is 49.2 Å². The zero-order valence-electron chi connectivity index (χ0n) is 22.7. The van der Waals surface area contributed by atoms with E-state index in [1.165, 1.54) is 26.0 Å². The van der Waals surface area contributed by atoms with Crippen LogP contribution in [0.4, 0.5) is 0 Å². The lowest BCUT2D eigenvalue weighted by Gasteiger charge is -2.31. The Morgan fingerprint density at radius 2 is 1.59 bits per heavy atom. The third-order valence-corrected chi connectivity index (χ3v) is 8.24. The van der Waals surface area contributed by atoms with E-state index in [0.29, 0.717) is 29.3 Å². The molecule has 0 bridgehead atoms. The van der Waals surface area contributed by atoms with Gasteiger partial charge in [-0.05, 0) is 38.3 Å². The normalized spacial score (nSPS) is 20.1. The van der Waals surface area contributed by atoms with Crippen LogP contribution in [-0.4, -0.2) is 84.3 Å². The number of hydrogen-bond donors (Lipinski definition) is 3. The molecule has 2 atom stereocenters. The summed E-state index contributed by atoms with van der Waals surface area (Å²) in [5.74, 6) is -1.10. The summed E-state index contributed by atoms with van der Waals surface area (Å²) in [5.41, 5.74) is 0.993. The monoisotopic (exact) mass is 559 g/mol. The maximum atomic E-state index is 13.1. The number of carbonyl (C=O) groups excluding carboxylic acids is 4. The van der Waals surface area contributed by atoms with Gasteiger partial charge in [0.15, 0.2) is 5.17 Å². The zero-order valence-corrected chi connectivity index (χ0v) is 23.5. The molecule has 2 amide bonds. The summed E-state index contributed by atoms with van der Waals surface area (Å²) in [7, 11) is 2.65. The van der Waals surface area contributed by atoms with Crippen molar-refractivity contribution in [3.63, 3.8) is 0 Å². The van der Waals surface area contributed by atoms with Crippen LogP contribution in [0.15, 0.2) is 29.3 Å². The first-order valence-electron chi connectivity index (χ1n) is 13.2. The van der Waals surface area contributed by atoms with Crippen LogP contribution < -0.4 is 10.6 Å². The molecule has 2 unspecified atom stereocenters. The Morgan fingerprint density at radius 3 is 2.23 bits per heavy atom. The molecule has 3 rings (SSSR count). The number of nitrogens with one attached hydrogen (secondary N) is 3. The Balaban J connectivity index is 1.66. The van der Waals surface area contributed by atoms with Crippen molar-refractivity contribution in [3.05, 3.63) is 35.4 Å². The predicted molar refractivity (Wildman–Crippen MR) is 149 cm³/mol. The van der Waals surface area contributed by atoms with Crippen molar-refractivity contribution in [3.8, 4) is 0 Å². The van der Waals surface area contributed by atoms with Crippen molar-refractivity contribution in [1.82, 2.24) is 15.5 Å². The minimum absolute atomic E-state index is 0.0935. The van der Waals surface area contributed by atoms with Gasteiger partial charge in [-0.25, -0.2) is 0 Å². The van der Waals surface area contributed by atoms with Crippen molar-refractivity contribution < 1.29 is 28.7 Å². The molecule has 12 heteroatoms. The summed E-state index contributed by atoms with van der Waals surface area (Å²) in [6.45, 7) is 2.61. The molecular formula is C27H37N5O6S. The molecule has 11 nitrogen and oxygen atoms in total. The summed E-state index contributed by atoms with van der Waals surface area (Å²) in [4.78, 5) is 55.2.